The van der Waals surface area contributed by atoms with E-state index in [4.69, 9.17) is 19.9 Å². The minimum Gasteiger partial charge on any atom is -0.309 e. The number of hydrogen-bond acceptors (Lipinski definition) is 4. The number of benzene rings is 16. The van der Waals surface area contributed by atoms with E-state index in [9.17, 15) is 0 Å². The van der Waals surface area contributed by atoms with Gasteiger partial charge >= 0.3 is 0 Å². The second-order valence-electron chi connectivity index (χ2n) is 27.3. The normalized spacial score (nSPS) is 12.0. The Morgan fingerprint density at radius 1 is 0.173 bits per heavy atom. The molecule has 6 heterocycles. The Hall–Kier alpha value is -14.1. The van der Waals surface area contributed by atoms with E-state index in [2.05, 4.69) is 352 Å². The molecule has 0 unspecified atom stereocenters. The smallest absolute Gasteiger partial charge is 0.160 e. The summed E-state index contributed by atoms with van der Waals surface area (Å²) in [6.07, 6.45) is 0. The SMILES string of the molecule is c1ccc(-c2nc(-c3ccc(-n4c5cc6cc(-c7ccc8c9cc%10c(cc9n(-c9ccccc9)c8c7)c7ccc8ccccc8c7n%10-c7ccc(-c8nc(-c9ccccc9)c9ccccc9n8)cc7)ccc6cc5c5cc6c(cc54)c4ccccc4n6-c4ccccc4)cc3)nc3ccccc23)cc1. The van der Waals surface area contributed by atoms with Gasteiger partial charge in [-0.2, -0.15) is 0 Å². The van der Waals surface area contributed by atoms with Gasteiger partial charge in [0, 0.05) is 104 Å². The average Bonchev–Trinajstić information content (AvgIpc) is 1.55. The van der Waals surface area contributed by atoms with Gasteiger partial charge in [0.2, 0.25) is 0 Å². The van der Waals surface area contributed by atoms with E-state index >= 15 is 0 Å². The van der Waals surface area contributed by atoms with Gasteiger partial charge in [-0.1, -0.05) is 212 Å². The number of nitrogens with zero attached hydrogens (tertiary/aromatic N) is 8. The molecule has 0 aliphatic heterocycles. The summed E-state index contributed by atoms with van der Waals surface area (Å²) in [6, 6.07) is 128. The lowest BCUT2D eigenvalue weighted by molar-refractivity contribution is 1.17. The van der Waals surface area contributed by atoms with Crippen molar-refractivity contribution in [2.45, 2.75) is 0 Å². The third kappa shape index (κ3) is 8.92. The lowest BCUT2D eigenvalue weighted by atomic mass is 9.98. The molecule has 482 valence electrons. The third-order valence-electron chi connectivity index (χ3n) is 21.5. The van der Waals surface area contributed by atoms with Crippen molar-refractivity contribution in [2.24, 2.45) is 0 Å². The van der Waals surface area contributed by atoms with Gasteiger partial charge in [0.15, 0.2) is 11.6 Å². The van der Waals surface area contributed by atoms with Crippen LogP contribution in [0.15, 0.2) is 352 Å². The molecule has 0 saturated heterocycles. The predicted octanol–water partition coefficient (Wildman–Crippen LogP) is 24.6. The lowest BCUT2D eigenvalue weighted by Crippen LogP contribution is -1.97. The number of fused-ring (bicyclic) bond motifs is 17. The third-order valence-corrected chi connectivity index (χ3v) is 21.5. The maximum Gasteiger partial charge on any atom is 0.160 e. The Balaban J connectivity index is 0.712. The highest BCUT2D eigenvalue weighted by Gasteiger charge is 2.24. The van der Waals surface area contributed by atoms with Gasteiger partial charge < -0.3 is 18.3 Å². The van der Waals surface area contributed by atoms with Crippen LogP contribution in [0.3, 0.4) is 0 Å². The van der Waals surface area contributed by atoms with Crippen molar-refractivity contribution in [3.05, 3.63) is 352 Å². The van der Waals surface area contributed by atoms with E-state index in [1.54, 1.807) is 0 Å². The van der Waals surface area contributed by atoms with Crippen LogP contribution in [0.4, 0.5) is 0 Å². The number of hydrogen-bond donors (Lipinski definition) is 0. The summed E-state index contributed by atoms with van der Waals surface area (Å²) in [5.74, 6) is 1.38. The second-order valence-corrected chi connectivity index (χ2v) is 27.3. The van der Waals surface area contributed by atoms with E-state index < -0.39 is 0 Å². The molecule has 0 saturated carbocycles. The first-order chi connectivity index (χ1) is 51.5. The molecule has 6 aromatic heterocycles. The van der Waals surface area contributed by atoms with Crippen LogP contribution in [0.5, 0.6) is 0 Å². The summed E-state index contributed by atoms with van der Waals surface area (Å²) >= 11 is 0. The molecule has 16 aromatic carbocycles. The summed E-state index contributed by atoms with van der Waals surface area (Å²) in [4.78, 5) is 20.9. The van der Waals surface area contributed by atoms with Crippen LogP contribution < -0.4 is 0 Å². The van der Waals surface area contributed by atoms with E-state index in [0.717, 1.165) is 128 Å². The van der Waals surface area contributed by atoms with Crippen molar-refractivity contribution < 1.29 is 0 Å². The fourth-order valence-electron chi connectivity index (χ4n) is 16.7. The highest BCUT2D eigenvalue weighted by molar-refractivity contribution is 6.24. The first-order valence-electron chi connectivity index (χ1n) is 35.4. The van der Waals surface area contributed by atoms with Gasteiger partial charge in [-0.15, -0.1) is 0 Å². The summed E-state index contributed by atoms with van der Waals surface area (Å²) in [5.41, 5.74) is 23.5. The minimum absolute atomic E-state index is 0.688. The van der Waals surface area contributed by atoms with Crippen LogP contribution in [0.1, 0.15) is 0 Å². The molecule has 8 heteroatoms. The molecule has 0 N–H and O–H groups in total. The standard InChI is InChI=1S/C96H58N8/c1-5-22-60(23-6-1)92-76-32-15-18-34-83(76)97-95(99-92)62-39-45-70(46-40-62)103-87-54-67-51-64(37-38-65(67)52-78(87)82-58-88-79(55-90(82)103)73-31-17-20-36-85(73)101(88)68-26-9-3-10-27-68)66-44-49-74-80-56-91-81(57-89(80)102(86(74)53-66)69-28-11-4-12-29-69)75-50-43-59-21-13-14-30-72(59)94(75)104(91)71-47-41-63(42-48-71)96-98-84-35-19-16-33-77(84)93(100-96)61-24-7-2-8-25-61/h1-58H. The summed E-state index contributed by atoms with van der Waals surface area (Å²) < 4.78 is 9.83. The summed E-state index contributed by atoms with van der Waals surface area (Å²) in [5, 5.41) is 16.3. The molecule has 0 fully saturated rings. The van der Waals surface area contributed by atoms with Crippen molar-refractivity contribution in [3.63, 3.8) is 0 Å². The monoisotopic (exact) mass is 1320 g/mol. The Labute approximate surface area is 596 Å². The van der Waals surface area contributed by atoms with Gasteiger partial charge in [0.25, 0.3) is 0 Å². The zero-order valence-electron chi connectivity index (χ0n) is 56.1. The largest absolute Gasteiger partial charge is 0.309 e. The molecule has 8 nitrogen and oxygen atoms in total. The molecule has 22 aromatic rings. The fraction of sp³-hybridized carbons (Fsp3) is 0. The first-order valence-corrected chi connectivity index (χ1v) is 35.4. The topological polar surface area (TPSA) is 71.3 Å². The van der Waals surface area contributed by atoms with E-state index in [1.165, 1.54) is 70.3 Å². The van der Waals surface area contributed by atoms with Gasteiger partial charge in [-0.05, 0) is 167 Å². The highest BCUT2D eigenvalue weighted by Crippen LogP contribution is 2.46. The van der Waals surface area contributed by atoms with Crippen molar-refractivity contribution in [3.8, 4) is 79.2 Å². The Bertz CT molecular complexity index is 7300. The number of rotatable bonds is 9. The van der Waals surface area contributed by atoms with Gasteiger partial charge in [0.05, 0.1) is 66.6 Å². The maximum absolute atomic E-state index is 5.28. The Morgan fingerprint density at radius 3 is 1.13 bits per heavy atom. The molecule has 0 aliphatic rings. The zero-order chi connectivity index (χ0) is 68.1. The molecule has 0 aliphatic carbocycles. The summed E-state index contributed by atoms with van der Waals surface area (Å²) in [7, 11) is 0. The van der Waals surface area contributed by atoms with Crippen LogP contribution in [-0.4, -0.2) is 38.2 Å². The first kappa shape index (κ1) is 57.8. The van der Waals surface area contributed by atoms with Gasteiger partial charge in [0.1, 0.15) is 0 Å². The van der Waals surface area contributed by atoms with Gasteiger partial charge in [-0.25, -0.2) is 19.9 Å². The number of para-hydroxylation sites is 5. The average molecular weight is 1320 g/mol. The second kappa shape index (κ2) is 22.7. The Morgan fingerprint density at radius 2 is 0.548 bits per heavy atom. The fourth-order valence-corrected chi connectivity index (χ4v) is 16.7. The predicted molar refractivity (Wildman–Crippen MR) is 432 cm³/mol. The van der Waals surface area contributed by atoms with Crippen LogP contribution in [0.25, 0.3) is 210 Å². The molecule has 0 atom stereocenters. The van der Waals surface area contributed by atoms with Crippen molar-refractivity contribution >= 4 is 131 Å². The molecule has 104 heavy (non-hydrogen) atoms. The van der Waals surface area contributed by atoms with Gasteiger partial charge in [-0.3, -0.25) is 0 Å². The summed E-state index contributed by atoms with van der Waals surface area (Å²) in [6.45, 7) is 0. The molecular weight excluding hydrogens is 1270 g/mol. The Kier molecular flexibility index (Phi) is 12.6. The lowest BCUT2D eigenvalue weighted by Gasteiger charge is -2.12. The van der Waals surface area contributed by atoms with Crippen LogP contribution in [0, 0.1) is 0 Å². The van der Waals surface area contributed by atoms with E-state index in [-0.39, 0.29) is 0 Å². The molecular formula is C96H58N8. The molecule has 0 amide bonds. The molecule has 0 spiro atoms. The van der Waals surface area contributed by atoms with Crippen molar-refractivity contribution in [1.82, 2.24) is 38.2 Å². The minimum atomic E-state index is 0.688. The zero-order valence-corrected chi connectivity index (χ0v) is 56.1. The number of aromatic nitrogens is 8. The quantitative estimate of drug-likeness (QED) is 0.144. The molecule has 0 bridgehead atoms. The van der Waals surface area contributed by atoms with Crippen LogP contribution >= 0.6 is 0 Å². The van der Waals surface area contributed by atoms with E-state index in [0.29, 0.717) is 11.6 Å². The van der Waals surface area contributed by atoms with E-state index in [1.807, 2.05) is 18.2 Å². The maximum atomic E-state index is 5.28. The van der Waals surface area contributed by atoms with Crippen molar-refractivity contribution in [2.75, 3.05) is 0 Å². The highest BCUT2D eigenvalue weighted by atomic mass is 15.0. The molecule has 0 radical (unpaired) electrons. The van der Waals surface area contributed by atoms with Crippen LogP contribution in [-0.2, 0) is 0 Å². The van der Waals surface area contributed by atoms with Crippen molar-refractivity contribution in [1.29, 1.82) is 0 Å². The molecule has 22 rings (SSSR count). The van der Waals surface area contributed by atoms with Crippen LogP contribution in [0.2, 0.25) is 0 Å².